The Morgan fingerprint density at radius 1 is 1.25 bits per heavy atom. The van der Waals surface area contributed by atoms with Gasteiger partial charge in [0.15, 0.2) is 6.61 Å². The van der Waals surface area contributed by atoms with Crippen LogP contribution in [0.3, 0.4) is 0 Å². The van der Waals surface area contributed by atoms with Gasteiger partial charge in [-0.1, -0.05) is 5.16 Å². The van der Waals surface area contributed by atoms with Gasteiger partial charge in [-0.05, 0) is 34.6 Å². The van der Waals surface area contributed by atoms with Crippen LogP contribution < -0.4 is 10.6 Å². The van der Waals surface area contributed by atoms with Crippen LogP contribution in [-0.2, 0) is 20.1 Å². The van der Waals surface area contributed by atoms with Gasteiger partial charge in [0.05, 0.1) is 11.4 Å². The Morgan fingerprint density at radius 3 is 2.46 bits per heavy atom. The first-order chi connectivity index (χ1) is 11.1. The third-order valence-corrected chi connectivity index (χ3v) is 3.69. The number of carbonyl (C=O) groups is 3. The Hall–Kier alpha value is -2.03. The zero-order valence-corrected chi connectivity index (χ0v) is 15.3. The summed E-state index contributed by atoms with van der Waals surface area (Å²) in [5, 5.41) is 8.49. The largest absolute Gasteiger partial charge is 0.455 e. The molecule has 134 valence electrons. The van der Waals surface area contributed by atoms with Gasteiger partial charge in [-0.2, -0.15) is 0 Å². The summed E-state index contributed by atoms with van der Waals surface area (Å²) in [6.45, 7) is 8.49. The molecule has 24 heavy (non-hydrogen) atoms. The number of urea groups is 1. The van der Waals surface area contributed by atoms with Gasteiger partial charge in [-0.15, -0.1) is 11.8 Å². The molecule has 0 bridgehead atoms. The zero-order valence-electron chi connectivity index (χ0n) is 14.5. The highest BCUT2D eigenvalue weighted by Gasteiger charge is 2.17. The topological polar surface area (TPSA) is 111 Å². The molecular weight excluding hydrogens is 334 g/mol. The summed E-state index contributed by atoms with van der Waals surface area (Å²) in [4.78, 5) is 34.6. The molecule has 1 heterocycles. The minimum absolute atomic E-state index is 0.0888. The van der Waals surface area contributed by atoms with E-state index in [-0.39, 0.29) is 5.75 Å². The van der Waals surface area contributed by atoms with Crippen molar-refractivity contribution in [3.63, 3.8) is 0 Å². The lowest BCUT2D eigenvalue weighted by atomic mass is 10.1. The number of hydrogen-bond acceptors (Lipinski definition) is 7. The van der Waals surface area contributed by atoms with E-state index in [1.54, 1.807) is 27.7 Å². The molecule has 0 atom stereocenters. The SMILES string of the molecule is Cc1noc(C)c1CSCC(=O)OCC(=O)NC(=O)NC(C)(C)C. The molecule has 0 unspecified atom stereocenters. The normalized spacial score (nSPS) is 11.0. The standard InChI is InChI=1S/C15H23N3O5S/c1-9-11(10(2)23-18-9)7-24-8-13(20)22-6-12(19)16-14(21)17-15(3,4)5/h6-8H2,1-5H3,(H2,16,17,19,21). The molecule has 0 aliphatic rings. The molecule has 0 aliphatic heterocycles. The number of esters is 1. The third-order valence-electron chi connectivity index (χ3n) is 2.75. The molecule has 1 aromatic heterocycles. The maximum absolute atomic E-state index is 11.6. The third kappa shape index (κ3) is 7.49. The molecule has 2 N–H and O–H groups in total. The van der Waals surface area contributed by atoms with Crippen LogP contribution in [0.2, 0.25) is 0 Å². The number of carbonyl (C=O) groups excluding carboxylic acids is 3. The number of nitrogens with one attached hydrogen (secondary N) is 2. The number of rotatable bonds is 6. The van der Waals surface area contributed by atoms with E-state index in [2.05, 4.69) is 15.8 Å². The van der Waals surface area contributed by atoms with Crippen LogP contribution in [0.1, 0.15) is 37.8 Å². The van der Waals surface area contributed by atoms with Gasteiger partial charge in [-0.25, -0.2) is 4.79 Å². The first kappa shape index (κ1) is 20.0. The fourth-order valence-electron chi connectivity index (χ4n) is 1.67. The van der Waals surface area contributed by atoms with Crippen LogP contribution in [0, 0.1) is 13.8 Å². The number of aromatic nitrogens is 1. The summed E-state index contributed by atoms with van der Waals surface area (Å²) in [5.41, 5.74) is 1.28. The highest BCUT2D eigenvalue weighted by Crippen LogP contribution is 2.19. The second-order valence-electron chi connectivity index (χ2n) is 6.21. The minimum Gasteiger partial charge on any atom is -0.455 e. The molecule has 0 fully saturated rings. The predicted molar refractivity (Wildman–Crippen MR) is 89.5 cm³/mol. The first-order valence-corrected chi connectivity index (χ1v) is 8.51. The summed E-state index contributed by atoms with van der Waals surface area (Å²) in [6.07, 6.45) is 0. The second-order valence-corrected chi connectivity index (χ2v) is 7.19. The van der Waals surface area contributed by atoms with Crippen molar-refractivity contribution in [3.8, 4) is 0 Å². The van der Waals surface area contributed by atoms with E-state index in [1.165, 1.54) is 11.8 Å². The Labute approximate surface area is 145 Å². The first-order valence-electron chi connectivity index (χ1n) is 7.35. The fourth-order valence-corrected chi connectivity index (χ4v) is 2.63. The van der Waals surface area contributed by atoms with Crippen LogP contribution >= 0.6 is 11.8 Å². The Bertz CT molecular complexity index is 587. The maximum atomic E-state index is 11.6. The lowest BCUT2D eigenvalue weighted by molar-refractivity contribution is -0.145. The van der Waals surface area contributed by atoms with Crippen LogP contribution in [0.4, 0.5) is 4.79 Å². The van der Waals surface area contributed by atoms with Crippen molar-refractivity contribution in [2.45, 2.75) is 45.9 Å². The van der Waals surface area contributed by atoms with Crippen LogP contribution in [0.15, 0.2) is 4.52 Å². The molecule has 0 saturated carbocycles. The summed E-state index contributed by atoms with van der Waals surface area (Å²) in [5.74, 6) is 0.165. The van der Waals surface area contributed by atoms with Gasteiger partial charge in [0.2, 0.25) is 0 Å². The van der Waals surface area contributed by atoms with Gasteiger partial charge >= 0.3 is 12.0 Å². The van der Waals surface area contributed by atoms with Crippen molar-refractivity contribution in [1.82, 2.24) is 15.8 Å². The number of amides is 3. The van der Waals surface area contributed by atoms with Gasteiger partial charge in [0.25, 0.3) is 5.91 Å². The predicted octanol–water partition coefficient (Wildman–Crippen LogP) is 1.69. The average Bonchev–Trinajstić information content (AvgIpc) is 2.74. The fraction of sp³-hybridized carbons (Fsp3) is 0.600. The summed E-state index contributed by atoms with van der Waals surface area (Å²) < 4.78 is 9.86. The van der Waals surface area contributed by atoms with Crippen molar-refractivity contribution in [2.24, 2.45) is 0 Å². The van der Waals surface area contributed by atoms with Crippen LogP contribution in [-0.4, -0.2) is 41.0 Å². The number of nitrogens with zero attached hydrogens (tertiary/aromatic N) is 1. The number of ether oxygens (including phenoxy) is 1. The van der Waals surface area contributed by atoms with Gasteiger partial charge in [-0.3, -0.25) is 14.9 Å². The monoisotopic (exact) mass is 357 g/mol. The van der Waals surface area contributed by atoms with E-state index < -0.39 is 30.1 Å². The molecule has 0 aromatic carbocycles. The summed E-state index contributed by atoms with van der Waals surface area (Å²) in [7, 11) is 0. The second kappa shape index (κ2) is 8.72. The van der Waals surface area contributed by atoms with E-state index >= 15 is 0 Å². The van der Waals surface area contributed by atoms with E-state index in [1.807, 2.05) is 6.92 Å². The number of imide groups is 1. The maximum Gasteiger partial charge on any atom is 0.321 e. The van der Waals surface area contributed by atoms with Crippen molar-refractivity contribution < 1.29 is 23.6 Å². The quantitative estimate of drug-likeness (QED) is 0.745. The molecule has 8 nitrogen and oxygen atoms in total. The number of hydrogen-bond donors (Lipinski definition) is 2. The molecule has 0 radical (unpaired) electrons. The van der Waals surface area contributed by atoms with Crippen molar-refractivity contribution >= 4 is 29.7 Å². The highest BCUT2D eigenvalue weighted by atomic mass is 32.2. The molecule has 1 rings (SSSR count). The van der Waals surface area contributed by atoms with E-state index in [9.17, 15) is 14.4 Å². The number of thioether (sulfide) groups is 1. The van der Waals surface area contributed by atoms with Crippen molar-refractivity contribution in [2.75, 3.05) is 12.4 Å². The molecule has 3 amide bonds. The molecule has 1 aromatic rings. The van der Waals surface area contributed by atoms with E-state index in [0.29, 0.717) is 5.75 Å². The summed E-state index contributed by atoms with van der Waals surface area (Å²) in [6, 6.07) is -0.628. The lowest BCUT2D eigenvalue weighted by Gasteiger charge is -2.20. The van der Waals surface area contributed by atoms with Crippen LogP contribution in [0.5, 0.6) is 0 Å². The Morgan fingerprint density at radius 2 is 1.92 bits per heavy atom. The summed E-state index contributed by atoms with van der Waals surface area (Å²) >= 11 is 1.34. The Kier molecular flexibility index (Phi) is 7.27. The highest BCUT2D eigenvalue weighted by molar-refractivity contribution is 7.99. The molecule has 0 saturated heterocycles. The van der Waals surface area contributed by atoms with Crippen LogP contribution in [0.25, 0.3) is 0 Å². The van der Waals surface area contributed by atoms with E-state index in [4.69, 9.17) is 9.26 Å². The molecular formula is C15H23N3O5S. The van der Waals surface area contributed by atoms with E-state index in [0.717, 1.165) is 17.0 Å². The molecule has 0 aliphatic carbocycles. The Balaban J connectivity index is 2.24. The van der Waals surface area contributed by atoms with Gasteiger partial charge < -0.3 is 14.6 Å². The average molecular weight is 357 g/mol. The molecule has 0 spiro atoms. The van der Waals surface area contributed by atoms with Crippen molar-refractivity contribution in [1.29, 1.82) is 0 Å². The van der Waals surface area contributed by atoms with Gasteiger partial charge in [0, 0.05) is 16.9 Å². The lowest BCUT2D eigenvalue weighted by Crippen LogP contribution is -2.49. The van der Waals surface area contributed by atoms with Crippen molar-refractivity contribution in [3.05, 3.63) is 17.0 Å². The minimum atomic E-state index is -0.680. The smallest absolute Gasteiger partial charge is 0.321 e. The zero-order chi connectivity index (χ0) is 18.3. The number of aryl methyl sites for hydroxylation is 2. The molecule has 9 heteroatoms. The van der Waals surface area contributed by atoms with Gasteiger partial charge in [0.1, 0.15) is 5.76 Å².